The molecule has 1 saturated heterocycles. The third-order valence-electron chi connectivity index (χ3n) is 3.87. The third-order valence-corrected chi connectivity index (χ3v) is 3.87. The van der Waals surface area contributed by atoms with Gasteiger partial charge < -0.3 is 30.7 Å². The molecule has 24 heavy (non-hydrogen) atoms. The summed E-state index contributed by atoms with van der Waals surface area (Å²) in [6, 6.07) is 5.51. The first kappa shape index (κ1) is 18.4. The molecule has 1 aromatic rings. The summed E-state index contributed by atoms with van der Waals surface area (Å²) in [6.07, 6.45) is -0.422. The minimum atomic E-state index is -0.422. The van der Waals surface area contributed by atoms with Gasteiger partial charge in [0.05, 0.1) is 38.7 Å². The van der Waals surface area contributed by atoms with Gasteiger partial charge in [0.2, 0.25) is 0 Å². The van der Waals surface area contributed by atoms with E-state index in [4.69, 9.17) is 15.6 Å². The fourth-order valence-electron chi connectivity index (χ4n) is 2.72. The van der Waals surface area contributed by atoms with Crippen molar-refractivity contribution >= 4 is 17.1 Å². The highest BCUT2D eigenvalue weighted by Gasteiger charge is 2.30. The van der Waals surface area contributed by atoms with Crippen molar-refractivity contribution in [3.63, 3.8) is 0 Å². The number of aliphatic imine (C=N–C) groups is 1. The molecule has 1 heterocycles. The summed E-state index contributed by atoms with van der Waals surface area (Å²) in [7, 11) is 0. The molecule has 7 heteroatoms. The molecule has 1 aliphatic heterocycles. The van der Waals surface area contributed by atoms with E-state index in [1.165, 1.54) is 0 Å². The predicted molar refractivity (Wildman–Crippen MR) is 94.5 cm³/mol. The van der Waals surface area contributed by atoms with Crippen LogP contribution in [0.2, 0.25) is 0 Å². The number of nitrogen functional groups attached to an aromatic ring is 1. The van der Waals surface area contributed by atoms with Crippen molar-refractivity contribution in [3.8, 4) is 0 Å². The van der Waals surface area contributed by atoms with Gasteiger partial charge in [0, 0.05) is 30.0 Å². The van der Waals surface area contributed by atoms with Gasteiger partial charge in [-0.3, -0.25) is 4.99 Å². The molecule has 7 nitrogen and oxygen atoms in total. The lowest BCUT2D eigenvalue weighted by molar-refractivity contribution is 0.143. The number of ether oxygens (including phenoxy) is 1. The predicted octanol–water partition coefficient (Wildman–Crippen LogP) is 0.121. The minimum absolute atomic E-state index is 0.0142. The molecule has 5 N–H and O–H groups in total. The van der Waals surface area contributed by atoms with Gasteiger partial charge in [-0.2, -0.15) is 0 Å². The Bertz CT molecular complexity index is 597. The van der Waals surface area contributed by atoms with Crippen LogP contribution in [0.25, 0.3) is 0 Å². The highest BCUT2D eigenvalue weighted by Crippen LogP contribution is 2.35. The summed E-state index contributed by atoms with van der Waals surface area (Å²) >= 11 is 0. The second-order valence-corrected chi connectivity index (χ2v) is 5.53. The maximum absolute atomic E-state index is 9.21. The Balaban J connectivity index is 2.35. The molecule has 0 aliphatic carbocycles. The molecule has 0 radical (unpaired) electrons. The number of rotatable bonds is 8. The molecule has 0 aromatic heterocycles. The molecular weight excluding hydrogens is 310 g/mol. The van der Waals surface area contributed by atoms with Crippen LogP contribution in [0.3, 0.4) is 0 Å². The number of anilines is 2. The molecule has 1 aliphatic rings. The molecule has 0 bridgehead atoms. The number of benzene rings is 1. The van der Waals surface area contributed by atoms with Gasteiger partial charge in [-0.25, -0.2) is 0 Å². The van der Waals surface area contributed by atoms with Crippen molar-refractivity contribution in [2.45, 2.75) is 6.10 Å². The average molecular weight is 335 g/mol. The highest BCUT2D eigenvalue weighted by molar-refractivity contribution is 6.06. The molecule has 0 spiro atoms. The molecule has 0 amide bonds. The van der Waals surface area contributed by atoms with E-state index in [0.29, 0.717) is 31.1 Å². The lowest BCUT2D eigenvalue weighted by atomic mass is 10.00. The van der Waals surface area contributed by atoms with Crippen molar-refractivity contribution in [2.24, 2.45) is 4.99 Å². The average Bonchev–Trinajstić information content (AvgIpc) is 2.94. The van der Waals surface area contributed by atoms with E-state index in [1.807, 2.05) is 17.0 Å². The van der Waals surface area contributed by atoms with Crippen molar-refractivity contribution in [1.29, 1.82) is 0 Å². The summed E-state index contributed by atoms with van der Waals surface area (Å²) in [4.78, 5) is 6.23. The summed E-state index contributed by atoms with van der Waals surface area (Å²) < 4.78 is 5.79. The minimum Gasteiger partial charge on any atom is -0.398 e. The van der Waals surface area contributed by atoms with Crippen molar-refractivity contribution in [3.05, 3.63) is 35.9 Å². The highest BCUT2D eigenvalue weighted by atomic mass is 16.5. The van der Waals surface area contributed by atoms with Crippen LogP contribution in [0.15, 0.2) is 35.3 Å². The lowest BCUT2D eigenvalue weighted by Crippen LogP contribution is -2.29. The van der Waals surface area contributed by atoms with Gasteiger partial charge in [-0.05, 0) is 23.8 Å². The largest absolute Gasteiger partial charge is 0.398 e. The SMILES string of the molecule is C=C1COC(c2cc(N(CCO)CCO)ccc2N)C1=NCCO. The quantitative estimate of drug-likeness (QED) is 0.502. The fraction of sp³-hybridized carbons (Fsp3) is 0.471. The van der Waals surface area contributed by atoms with Crippen molar-refractivity contribution in [2.75, 3.05) is 56.7 Å². The molecule has 1 unspecified atom stereocenters. The maximum Gasteiger partial charge on any atom is 0.127 e. The first-order chi connectivity index (χ1) is 11.6. The van der Waals surface area contributed by atoms with E-state index >= 15 is 0 Å². The van der Waals surface area contributed by atoms with Gasteiger partial charge in [0.15, 0.2) is 0 Å². The Morgan fingerprint density at radius 2 is 1.92 bits per heavy atom. The topological polar surface area (TPSA) is 112 Å². The van der Waals surface area contributed by atoms with Crippen LogP contribution in [0.1, 0.15) is 11.7 Å². The third kappa shape index (κ3) is 4.12. The molecule has 1 atom stereocenters. The van der Waals surface area contributed by atoms with Gasteiger partial charge in [-0.1, -0.05) is 6.58 Å². The monoisotopic (exact) mass is 335 g/mol. The fourth-order valence-corrected chi connectivity index (χ4v) is 2.72. The summed E-state index contributed by atoms with van der Waals surface area (Å²) in [5, 5.41) is 27.4. The molecular formula is C17H25N3O4. The standard InChI is InChI=1S/C17H25N3O4/c1-12-11-24-17(16(12)19-4-7-21)14-10-13(2-3-15(14)18)20(5-8-22)6-9-23/h2-3,10,17,21-23H,1,4-9,11,18H2. The Morgan fingerprint density at radius 3 is 2.54 bits per heavy atom. The van der Waals surface area contributed by atoms with Crippen LogP contribution in [-0.2, 0) is 4.74 Å². The number of hydrogen-bond acceptors (Lipinski definition) is 7. The van der Waals surface area contributed by atoms with Gasteiger partial charge >= 0.3 is 0 Å². The number of hydrogen-bond donors (Lipinski definition) is 4. The zero-order valence-electron chi connectivity index (χ0n) is 13.7. The van der Waals surface area contributed by atoms with Crippen LogP contribution < -0.4 is 10.6 Å². The van der Waals surface area contributed by atoms with E-state index in [9.17, 15) is 10.2 Å². The molecule has 1 aromatic carbocycles. The Hall–Kier alpha value is -1.93. The zero-order valence-corrected chi connectivity index (χ0v) is 13.7. The first-order valence-corrected chi connectivity index (χ1v) is 7.93. The van der Waals surface area contributed by atoms with E-state index in [1.54, 1.807) is 6.07 Å². The summed E-state index contributed by atoms with van der Waals surface area (Å²) in [5.74, 6) is 0. The smallest absolute Gasteiger partial charge is 0.127 e. The van der Waals surface area contributed by atoms with Crippen LogP contribution in [0.4, 0.5) is 11.4 Å². The van der Waals surface area contributed by atoms with Crippen LogP contribution in [0.5, 0.6) is 0 Å². The zero-order chi connectivity index (χ0) is 17.5. The molecule has 1 fully saturated rings. The Labute approximate surface area is 141 Å². The second kappa shape index (κ2) is 8.79. The van der Waals surface area contributed by atoms with Gasteiger partial charge in [0.25, 0.3) is 0 Å². The number of nitrogens with zero attached hydrogens (tertiary/aromatic N) is 2. The number of nitrogens with two attached hydrogens (primary N) is 1. The van der Waals surface area contributed by atoms with Crippen molar-refractivity contribution in [1.82, 2.24) is 0 Å². The molecule has 2 rings (SSSR count). The normalized spacial score (nSPS) is 19.2. The van der Waals surface area contributed by atoms with Crippen molar-refractivity contribution < 1.29 is 20.1 Å². The Morgan fingerprint density at radius 1 is 1.21 bits per heavy atom. The maximum atomic E-state index is 9.21. The molecule has 0 saturated carbocycles. The second-order valence-electron chi connectivity index (χ2n) is 5.53. The van der Waals surface area contributed by atoms with Gasteiger partial charge in [0.1, 0.15) is 6.10 Å². The first-order valence-electron chi connectivity index (χ1n) is 7.93. The summed E-state index contributed by atoms with van der Waals surface area (Å²) in [5.41, 5.74) is 9.78. The summed E-state index contributed by atoms with van der Waals surface area (Å²) in [6.45, 7) is 5.36. The number of aliphatic hydroxyl groups is 3. The molecule has 132 valence electrons. The Kier molecular flexibility index (Phi) is 6.74. The van der Waals surface area contributed by atoms with E-state index in [2.05, 4.69) is 11.6 Å². The van der Waals surface area contributed by atoms with Gasteiger partial charge in [-0.15, -0.1) is 0 Å². The van der Waals surface area contributed by atoms with E-state index in [-0.39, 0.29) is 26.4 Å². The lowest BCUT2D eigenvalue weighted by Gasteiger charge is -2.25. The van der Waals surface area contributed by atoms with E-state index in [0.717, 1.165) is 16.8 Å². The van der Waals surface area contributed by atoms with Crippen LogP contribution in [-0.4, -0.2) is 67.1 Å². The van der Waals surface area contributed by atoms with Crippen LogP contribution in [0, 0.1) is 0 Å². The van der Waals surface area contributed by atoms with Crippen LogP contribution >= 0.6 is 0 Å². The number of aliphatic hydroxyl groups excluding tert-OH is 3. The van der Waals surface area contributed by atoms with E-state index < -0.39 is 6.10 Å².